The minimum atomic E-state index is -0.133. The molecule has 0 fully saturated rings. The zero-order valence-corrected chi connectivity index (χ0v) is 12.0. The molecule has 0 aromatic heterocycles. The van der Waals surface area contributed by atoms with Crippen LogP contribution in [0.25, 0.3) is 0 Å². The lowest BCUT2D eigenvalue weighted by atomic mass is 9.81. The summed E-state index contributed by atoms with van der Waals surface area (Å²) in [7, 11) is 1.65. The van der Waals surface area contributed by atoms with Gasteiger partial charge in [-0.2, -0.15) is 0 Å². The molecule has 96 valence electrons. The van der Waals surface area contributed by atoms with E-state index in [0.717, 1.165) is 16.9 Å². The number of rotatable bonds is 1. The molecule has 0 aliphatic rings. The third kappa shape index (κ3) is 2.93. The Labute approximate surface area is 105 Å². The van der Waals surface area contributed by atoms with E-state index in [9.17, 15) is 5.11 Å². The molecule has 0 saturated carbocycles. The fourth-order valence-corrected chi connectivity index (χ4v) is 1.95. The first-order chi connectivity index (χ1) is 7.57. The van der Waals surface area contributed by atoms with Crippen LogP contribution in [0.3, 0.4) is 0 Å². The van der Waals surface area contributed by atoms with Crippen LogP contribution in [-0.4, -0.2) is 12.2 Å². The van der Waals surface area contributed by atoms with E-state index in [-0.39, 0.29) is 10.8 Å². The van der Waals surface area contributed by atoms with E-state index in [0.29, 0.717) is 5.75 Å². The SMILES string of the molecule is COc1cc(C(C)(C)C)cc(O)c1C(C)(C)C. The van der Waals surface area contributed by atoms with Gasteiger partial charge in [0.25, 0.3) is 0 Å². The van der Waals surface area contributed by atoms with E-state index in [4.69, 9.17) is 4.74 Å². The van der Waals surface area contributed by atoms with Gasteiger partial charge >= 0.3 is 0 Å². The van der Waals surface area contributed by atoms with Crippen molar-refractivity contribution in [1.29, 1.82) is 0 Å². The van der Waals surface area contributed by atoms with Gasteiger partial charge in [0.15, 0.2) is 0 Å². The summed E-state index contributed by atoms with van der Waals surface area (Å²) in [6.45, 7) is 12.6. The molecule has 1 N–H and O–H groups in total. The number of phenolic OH excluding ortho intramolecular Hbond substituents is 1. The largest absolute Gasteiger partial charge is 0.507 e. The summed E-state index contributed by atoms with van der Waals surface area (Å²) in [6.07, 6.45) is 0. The first-order valence-electron chi connectivity index (χ1n) is 5.99. The van der Waals surface area contributed by atoms with Gasteiger partial charge in [0.2, 0.25) is 0 Å². The van der Waals surface area contributed by atoms with Crippen molar-refractivity contribution in [3.8, 4) is 11.5 Å². The van der Waals surface area contributed by atoms with Gasteiger partial charge in [-0.25, -0.2) is 0 Å². The first kappa shape index (κ1) is 13.9. The molecule has 0 radical (unpaired) electrons. The maximum absolute atomic E-state index is 10.2. The third-order valence-corrected chi connectivity index (χ3v) is 2.92. The van der Waals surface area contributed by atoms with E-state index >= 15 is 0 Å². The number of aromatic hydroxyl groups is 1. The molecular weight excluding hydrogens is 212 g/mol. The van der Waals surface area contributed by atoms with Crippen LogP contribution in [0.2, 0.25) is 0 Å². The number of phenols is 1. The topological polar surface area (TPSA) is 29.5 Å². The summed E-state index contributed by atoms with van der Waals surface area (Å²) in [4.78, 5) is 0. The Kier molecular flexibility index (Phi) is 3.47. The Morgan fingerprint density at radius 1 is 0.941 bits per heavy atom. The van der Waals surface area contributed by atoms with Crippen molar-refractivity contribution >= 4 is 0 Å². The fraction of sp³-hybridized carbons (Fsp3) is 0.600. The number of hydrogen-bond acceptors (Lipinski definition) is 2. The number of benzene rings is 1. The highest BCUT2D eigenvalue weighted by molar-refractivity contribution is 5.52. The standard InChI is InChI=1S/C15H24O2/c1-14(2,3)10-8-11(16)13(15(4,5)6)12(9-10)17-7/h8-9,16H,1-7H3. The Hall–Kier alpha value is -1.18. The lowest BCUT2D eigenvalue weighted by Gasteiger charge is -2.27. The van der Waals surface area contributed by atoms with Crippen LogP contribution in [0, 0.1) is 0 Å². The highest BCUT2D eigenvalue weighted by atomic mass is 16.5. The van der Waals surface area contributed by atoms with E-state index < -0.39 is 0 Å². The molecular formula is C15H24O2. The van der Waals surface area contributed by atoms with E-state index in [2.05, 4.69) is 41.5 Å². The maximum atomic E-state index is 10.2. The van der Waals surface area contributed by atoms with Crippen LogP contribution in [0.5, 0.6) is 11.5 Å². The molecule has 0 amide bonds. The van der Waals surface area contributed by atoms with Crippen molar-refractivity contribution in [2.24, 2.45) is 0 Å². The zero-order valence-electron chi connectivity index (χ0n) is 12.0. The fourth-order valence-electron chi connectivity index (χ4n) is 1.95. The average molecular weight is 236 g/mol. The lowest BCUT2D eigenvalue weighted by Crippen LogP contribution is -2.16. The van der Waals surface area contributed by atoms with E-state index in [1.165, 1.54) is 0 Å². The number of ether oxygens (including phenoxy) is 1. The van der Waals surface area contributed by atoms with Crippen LogP contribution >= 0.6 is 0 Å². The van der Waals surface area contributed by atoms with Crippen molar-refractivity contribution < 1.29 is 9.84 Å². The van der Waals surface area contributed by atoms with Gasteiger partial charge in [0.1, 0.15) is 11.5 Å². The molecule has 0 atom stereocenters. The Balaban J connectivity index is 3.47. The average Bonchev–Trinajstić information content (AvgIpc) is 2.12. The van der Waals surface area contributed by atoms with Crippen molar-refractivity contribution in [1.82, 2.24) is 0 Å². The molecule has 1 aromatic rings. The van der Waals surface area contributed by atoms with Gasteiger partial charge in [-0.15, -0.1) is 0 Å². The highest BCUT2D eigenvalue weighted by Gasteiger charge is 2.26. The van der Waals surface area contributed by atoms with Crippen molar-refractivity contribution in [3.05, 3.63) is 23.3 Å². The number of hydrogen-bond donors (Lipinski definition) is 1. The third-order valence-electron chi connectivity index (χ3n) is 2.92. The van der Waals surface area contributed by atoms with Gasteiger partial charge < -0.3 is 9.84 Å². The summed E-state index contributed by atoms with van der Waals surface area (Å²) >= 11 is 0. The Morgan fingerprint density at radius 2 is 1.47 bits per heavy atom. The smallest absolute Gasteiger partial charge is 0.126 e. The summed E-state index contributed by atoms with van der Waals surface area (Å²) < 4.78 is 5.43. The summed E-state index contributed by atoms with van der Waals surface area (Å²) in [5, 5.41) is 10.2. The quantitative estimate of drug-likeness (QED) is 0.798. The highest BCUT2D eigenvalue weighted by Crippen LogP contribution is 2.41. The molecule has 17 heavy (non-hydrogen) atoms. The molecule has 0 aliphatic heterocycles. The summed E-state index contributed by atoms with van der Waals surface area (Å²) in [5.41, 5.74) is 1.82. The summed E-state index contributed by atoms with van der Waals surface area (Å²) in [6, 6.07) is 3.88. The molecule has 1 rings (SSSR count). The minimum Gasteiger partial charge on any atom is -0.507 e. The van der Waals surface area contributed by atoms with Crippen LogP contribution < -0.4 is 4.74 Å². The van der Waals surface area contributed by atoms with Gasteiger partial charge in [-0.1, -0.05) is 41.5 Å². The van der Waals surface area contributed by atoms with Crippen LogP contribution in [0.15, 0.2) is 12.1 Å². The predicted molar refractivity (Wildman–Crippen MR) is 72.1 cm³/mol. The molecule has 2 heteroatoms. The second kappa shape index (κ2) is 4.25. The predicted octanol–water partition coefficient (Wildman–Crippen LogP) is 4.00. The molecule has 0 saturated heterocycles. The van der Waals surface area contributed by atoms with Crippen molar-refractivity contribution in [3.63, 3.8) is 0 Å². The van der Waals surface area contributed by atoms with Crippen LogP contribution in [0.1, 0.15) is 52.7 Å². The molecule has 0 aliphatic carbocycles. The van der Waals surface area contributed by atoms with Gasteiger partial charge in [-0.3, -0.25) is 0 Å². The van der Waals surface area contributed by atoms with Gasteiger partial charge in [-0.05, 0) is 28.5 Å². The molecule has 0 heterocycles. The van der Waals surface area contributed by atoms with Crippen molar-refractivity contribution in [2.75, 3.05) is 7.11 Å². The van der Waals surface area contributed by atoms with Gasteiger partial charge in [0.05, 0.1) is 7.11 Å². The minimum absolute atomic E-state index is 0.00116. The summed E-state index contributed by atoms with van der Waals surface area (Å²) in [5.74, 6) is 1.09. The van der Waals surface area contributed by atoms with Crippen LogP contribution in [0.4, 0.5) is 0 Å². The second-order valence-corrected chi connectivity index (χ2v) is 6.57. The van der Waals surface area contributed by atoms with Gasteiger partial charge in [0, 0.05) is 5.56 Å². The molecule has 0 spiro atoms. The molecule has 0 bridgehead atoms. The maximum Gasteiger partial charge on any atom is 0.126 e. The Morgan fingerprint density at radius 3 is 1.82 bits per heavy atom. The molecule has 0 unspecified atom stereocenters. The second-order valence-electron chi connectivity index (χ2n) is 6.57. The normalized spacial score (nSPS) is 12.6. The lowest BCUT2D eigenvalue weighted by molar-refractivity contribution is 0.378. The first-order valence-corrected chi connectivity index (χ1v) is 5.99. The monoisotopic (exact) mass is 236 g/mol. The zero-order chi connectivity index (χ0) is 13.4. The van der Waals surface area contributed by atoms with Crippen LogP contribution in [-0.2, 0) is 10.8 Å². The Bertz CT molecular complexity index is 406. The number of methoxy groups -OCH3 is 1. The van der Waals surface area contributed by atoms with E-state index in [1.54, 1.807) is 7.11 Å². The van der Waals surface area contributed by atoms with E-state index in [1.807, 2.05) is 12.1 Å². The van der Waals surface area contributed by atoms with Crippen molar-refractivity contribution in [2.45, 2.75) is 52.4 Å². The molecule has 1 aromatic carbocycles. The molecule has 2 nitrogen and oxygen atoms in total.